The third kappa shape index (κ3) is 4.91. The summed E-state index contributed by atoms with van der Waals surface area (Å²) in [6.45, 7) is 3.31. The van der Waals surface area contributed by atoms with Crippen LogP contribution in [0.3, 0.4) is 0 Å². The Kier molecular flexibility index (Phi) is 7.48. The maximum absolute atomic E-state index is 12.9. The molecule has 5 rings (SSSR count). The molecule has 2 aliphatic rings. The van der Waals surface area contributed by atoms with Crippen molar-refractivity contribution in [1.29, 1.82) is 0 Å². The monoisotopic (exact) mass is 518 g/mol. The number of carbonyl (C=O) groups is 2. The first kappa shape index (κ1) is 25.9. The molecule has 2 saturated heterocycles. The predicted octanol–water partition coefficient (Wildman–Crippen LogP) is 4.71. The summed E-state index contributed by atoms with van der Waals surface area (Å²) in [5.41, 5.74) is 2.03. The van der Waals surface area contributed by atoms with Gasteiger partial charge in [0.15, 0.2) is 23.0 Å². The highest BCUT2D eigenvalue weighted by Crippen LogP contribution is 2.38. The Morgan fingerprint density at radius 1 is 1.00 bits per heavy atom. The number of hydrogen-bond donors (Lipinski definition) is 0. The molecule has 0 saturated carbocycles. The number of piperidine rings is 1. The van der Waals surface area contributed by atoms with Crippen LogP contribution in [-0.4, -0.2) is 67.3 Å². The van der Waals surface area contributed by atoms with E-state index in [1.165, 1.54) is 0 Å². The van der Waals surface area contributed by atoms with Gasteiger partial charge in [0.1, 0.15) is 11.6 Å². The van der Waals surface area contributed by atoms with Gasteiger partial charge in [0.05, 0.1) is 26.9 Å². The van der Waals surface area contributed by atoms with Crippen LogP contribution in [0.1, 0.15) is 59.7 Å². The Labute approximate surface area is 223 Å². The fraction of sp³-hybridized carbons (Fsp3) is 0.467. The molecule has 0 N–H and O–H groups in total. The van der Waals surface area contributed by atoms with Crippen LogP contribution >= 0.6 is 0 Å². The molecule has 3 aromatic rings. The van der Waals surface area contributed by atoms with Crippen molar-refractivity contribution in [2.24, 2.45) is 0 Å². The molecule has 1 aromatic heterocycles. The topological polar surface area (TPSA) is 79.2 Å². The molecule has 2 bridgehead atoms. The van der Waals surface area contributed by atoms with Gasteiger partial charge in [0.2, 0.25) is 0 Å². The van der Waals surface area contributed by atoms with E-state index in [2.05, 4.69) is 21.6 Å². The molecule has 3 heterocycles. The molecule has 200 valence electrons. The van der Waals surface area contributed by atoms with E-state index in [9.17, 15) is 9.59 Å². The number of ether oxygens (including phenoxy) is 4. The van der Waals surface area contributed by atoms with Crippen molar-refractivity contribution in [3.05, 3.63) is 53.7 Å². The van der Waals surface area contributed by atoms with Crippen LogP contribution in [0.2, 0.25) is 0 Å². The van der Waals surface area contributed by atoms with E-state index in [-0.39, 0.29) is 17.9 Å². The van der Waals surface area contributed by atoms with Gasteiger partial charge in [-0.2, -0.15) is 0 Å². The highest BCUT2D eigenvalue weighted by Gasteiger charge is 2.41. The number of carbonyl (C=O) groups excluding carboxylic acids is 2. The van der Waals surface area contributed by atoms with Gasteiger partial charge in [0.25, 0.3) is 0 Å². The van der Waals surface area contributed by atoms with Gasteiger partial charge in [-0.25, -0.2) is 4.79 Å². The Bertz CT molecular complexity index is 1320. The molecular weight excluding hydrogens is 484 g/mol. The van der Waals surface area contributed by atoms with Crippen molar-refractivity contribution in [2.75, 3.05) is 27.9 Å². The van der Waals surface area contributed by atoms with E-state index in [0.29, 0.717) is 40.5 Å². The molecule has 0 spiro atoms. The molecule has 8 nitrogen and oxygen atoms in total. The number of fused-ring (bicyclic) bond motifs is 3. The number of esters is 1. The second-order valence-electron chi connectivity index (χ2n) is 10.0. The van der Waals surface area contributed by atoms with Crippen molar-refractivity contribution in [1.82, 2.24) is 9.47 Å². The summed E-state index contributed by atoms with van der Waals surface area (Å²) >= 11 is 0. The standard InChI is InChI=1S/C30H34N2O6/c1-19(33)25-18-31(29-24(25)7-5-8-27(29)36-3)13-6-14-32-21-10-11-22(32)17-23(16-21)38-30(34)20-9-12-26(35-2)28(15-20)37-4/h7,9,12,15,18,21-23H,6,10-11,13-14,16-17H2,1-4H3. The minimum atomic E-state index is -0.326. The van der Waals surface area contributed by atoms with Crippen LogP contribution in [-0.2, 0) is 11.3 Å². The number of methoxy groups -OCH3 is 3. The van der Waals surface area contributed by atoms with Crippen LogP contribution in [0.5, 0.6) is 17.2 Å². The van der Waals surface area contributed by atoms with Crippen LogP contribution < -0.4 is 14.2 Å². The van der Waals surface area contributed by atoms with Crippen LogP contribution in [0, 0.1) is 12.1 Å². The summed E-state index contributed by atoms with van der Waals surface area (Å²) in [5, 5.41) is 0.852. The summed E-state index contributed by atoms with van der Waals surface area (Å²) in [6.07, 6.45) is 6.69. The predicted molar refractivity (Wildman–Crippen MR) is 142 cm³/mol. The van der Waals surface area contributed by atoms with E-state index < -0.39 is 0 Å². The van der Waals surface area contributed by atoms with Gasteiger partial charge in [0, 0.05) is 55.2 Å². The van der Waals surface area contributed by atoms with Crippen molar-refractivity contribution >= 4 is 22.7 Å². The fourth-order valence-corrected chi connectivity index (χ4v) is 6.10. The molecule has 0 radical (unpaired) electrons. The van der Waals surface area contributed by atoms with E-state index in [0.717, 1.165) is 56.1 Å². The Hall–Kier alpha value is -3.70. The van der Waals surface area contributed by atoms with Crippen LogP contribution in [0.4, 0.5) is 0 Å². The fourth-order valence-electron chi connectivity index (χ4n) is 6.10. The lowest BCUT2D eigenvalue weighted by atomic mass is 9.99. The number of ketones is 1. The third-order valence-corrected chi connectivity index (χ3v) is 7.87. The van der Waals surface area contributed by atoms with Crippen molar-refractivity contribution in [3.8, 4) is 17.2 Å². The molecule has 38 heavy (non-hydrogen) atoms. The zero-order chi connectivity index (χ0) is 26.8. The Balaban J connectivity index is 1.20. The summed E-state index contributed by atoms with van der Waals surface area (Å²) in [5.74, 6) is 1.39. The SMILES string of the molecule is COc1ccc(C(=O)OC2CC3CCC(C2)N3CCCn2cc(C(C)=O)c3cc#cc(OC)c32)cc1OC. The summed E-state index contributed by atoms with van der Waals surface area (Å²) in [6, 6.07) is 13.7. The van der Waals surface area contributed by atoms with Crippen LogP contribution in [0.25, 0.3) is 10.9 Å². The lowest BCUT2D eigenvalue weighted by molar-refractivity contribution is -0.00643. The van der Waals surface area contributed by atoms with Gasteiger partial charge < -0.3 is 23.5 Å². The third-order valence-electron chi connectivity index (χ3n) is 7.87. The maximum Gasteiger partial charge on any atom is 0.338 e. The quantitative estimate of drug-likeness (QED) is 0.284. The first-order chi connectivity index (χ1) is 18.4. The van der Waals surface area contributed by atoms with Crippen molar-refractivity contribution < 1.29 is 28.5 Å². The van der Waals surface area contributed by atoms with Gasteiger partial charge in [-0.15, -0.1) is 0 Å². The number of hydrogen-bond acceptors (Lipinski definition) is 7. The van der Waals surface area contributed by atoms with Crippen molar-refractivity contribution in [3.63, 3.8) is 0 Å². The van der Waals surface area contributed by atoms with Crippen LogP contribution in [0.15, 0.2) is 30.5 Å². The van der Waals surface area contributed by atoms with E-state index >= 15 is 0 Å². The number of Topliss-reactive ketones (excluding diaryl/α,β-unsaturated/α-hetero) is 1. The molecule has 2 aliphatic heterocycles. The second-order valence-corrected chi connectivity index (χ2v) is 10.0. The van der Waals surface area contributed by atoms with E-state index in [1.807, 2.05) is 6.20 Å². The summed E-state index contributed by atoms with van der Waals surface area (Å²) in [4.78, 5) is 27.7. The maximum atomic E-state index is 12.9. The molecular formula is C30H34N2O6. The smallest absolute Gasteiger partial charge is 0.338 e. The molecule has 0 aliphatic carbocycles. The normalized spacial score (nSPS) is 20.7. The lowest BCUT2D eigenvalue weighted by Crippen LogP contribution is -2.46. The number of benzene rings is 1. The van der Waals surface area contributed by atoms with Gasteiger partial charge in [-0.05, 0) is 56.5 Å². The molecule has 2 aromatic carbocycles. The zero-order valence-corrected chi connectivity index (χ0v) is 22.4. The molecule has 2 atom stereocenters. The van der Waals surface area contributed by atoms with Gasteiger partial charge in [-0.3, -0.25) is 9.69 Å². The Morgan fingerprint density at radius 3 is 2.39 bits per heavy atom. The van der Waals surface area contributed by atoms with Gasteiger partial charge in [-0.1, -0.05) is 6.07 Å². The first-order valence-electron chi connectivity index (χ1n) is 13.1. The minimum absolute atomic E-state index is 0.0261. The zero-order valence-electron chi connectivity index (χ0n) is 22.4. The van der Waals surface area contributed by atoms with E-state index in [4.69, 9.17) is 18.9 Å². The number of nitrogens with zero attached hydrogens (tertiary/aromatic N) is 2. The number of rotatable bonds is 10. The minimum Gasteiger partial charge on any atom is -0.493 e. The molecule has 2 fully saturated rings. The molecule has 0 amide bonds. The molecule has 8 heteroatoms. The Morgan fingerprint density at radius 2 is 1.74 bits per heavy atom. The second kappa shape index (κ2) is 11.0. The summed E-state index contributed by atoms with van der Waals surface area (Å²) in [7, 11) is 4.73. The van der Waals surface area contributed by atoms with Gasteiger partial charge >= 0.3 is 5.97 Å². The highest BCUT2D eigenvalue weighted by atomic mass is 16.5. The average molecular weight is 519 g/mol. The lowest BCUT2D eigenvalue weighted by Gasteiger charge is -2.38. The average Bonchev–Trinajstić information content (AvgIpc) is 3.41. The number of aryl methyl sites for hydroxylation is 1. The van der Waals surface area contributed by atoms with Crippen molar-refractivity contribution in [2.45, 2.75) is 63.8 Å². The van der Waals surface area contributed by atoms with E-state index in [1.54, 1.807) is 52.5 Å². The highest BCUT2D eigenvalue weighted by molar-refractivity contribution is 6.08. The first-order valence-corrected chi connectivity index (χ1v) is 13.1. The number of aromatic nitrogens is 1. The summed E-state index contributed by atoms with van der Waals surface area (Å²) < 4.78 is 24.1. The molecule has 2 unspecified atom stereocenters. The largest absolute Gasteiger partial charge is 0.493 e.